The third-order valence-corrected chi connectivity index (χ3v) is 5.96. The number of methoxy groups -OCH3 is 1. The maximum absolute atomic E-state index is 5.94. The Morgan fingerprint density at radius 1 is 1.14 bits per heavy atom. The van der Waals surface area contributed by atoms with E-state index in [1.54, 1.807) is 18.9 Å². The zero-order chi connectivity index (χ0) is 20.1. The van der Waals surface area contributed by atoms with E-state index in [1.165, 1.54) is 5.56 Å². The normalized spacial score (nSPS) is 15.9. The maximum Gasteiger partial charge on any atom is 0.120 e. The molecule has 29 heavy (non-hydrogen) atoms. The molecule has 2 aromatic carbocycles. The predicted molar refractivity (Wildman–Crippen MR) is 121 cm³/mol. The Morgan fingerprint density at radius 3 is 2.83 bits per heavy atom. The smallest absolute Gasteiger partial charge is 0.120 e. The van der Waals surface area contributed by atoms with Crippen LogP contribution < -0.4 is 4.74 Å². The van der Waals surface area contributed by atoms with Gasteiger partial charge in [0.25, 0.3) is 0 Å². The summed E-state index contributed by atoms with van der Waals surface area (Å²) in [5, 5.41) is 2.01. The van der Waals surface area contributed by atoms with E-state index in [0.29, 0.717) is 12.4 Å². The van der Waals surface area contributed by atoms with Gasteiger partial charge in [0.1, 0.15) is 22.6 Å². The number of rotatable bonds is 8. The molecule has 1 aromatic heterocycles. The van der Waals surface area contributed by atoms with Crippen molar-refractivity contribution in [2.75, 3.05) is 19.5 Å². The second kappa shape index (κ2) is 9.14. The lowest BCUT2D eigenvalue weighted by atomic mass is 10.1. The monoisotopic (exact) mass is 404 g/mol. The number of hydrogen-bond donors (Lipinski definition) is 0. The van der Waals surface area contributed by atoms with Crippen molar-refractivity contribution >= 4 is 27.7 Å². The maximum atomic E-state index is 5.94. The number of pyridine rings is 1. The summed E-state index contributed by atoms with van der Waals surface area (Å²) < 4.78 is 11.2. The Kier molecular flexibility index (Phi) is 6.15. The van der Waals surface area contributed by atoms with Gasteiger partial charge in [0, 0.05) is 11.1 Å². The topological polar surface area (TPSA) is 43.7 Å². The van der Waals surface area contributed by atoms with Crippen molar-refractivity contribution in [2.45, 2.75) is 18.9 Å². The summed E-state index contributed by atoms with van der Waals surface area (Å²) in [6.07, 6.45) is 2.01. The van der Waals surface area contributed by atoms with Crippen molar-refractivity contribution < 1.29 is 9.47 Å². The van der Waals surface area contributed by atoms with E-state index in [2.05, 4.69) is 36.9 Å². The van der Waals surface area contributed by atoms with Crippen molar-refractivity contribution in [1.82, 2.24) is 4.98 Å². The summed E-state index contributed by atoms with van der Waals surface area (Å²) in [5.74, 6) is 2.42. The largest absolute Gasteiger partial charge is 0.499 e. The van der Waals surface area contributed by atoms with Crippen molar-refractivity contribution in [3.05, 3.63) is 84.3 Å². The highest BCUT2D eigenvalue weighted by Crippen LogP contribution is 2.28. The standard InChI is InChI=1S/C24H24N2O2S/c1-17(27-2)23-16-29-24(26-23)22-12-10-19-15-20(11-13-21(19)25-22)28-14-6-9-18-7-4-3-5-8-18/h3-5,7-8,10-13,15,23H,1,6,9,14,16H2,2H3. The zero-order valence-electron chi connectivity index (χ0n) is 16.5. The van der Waals surface area contributed by atoms with Crippen molar-refractivity contribution in [3.8, 4) is 5.75 Å². The molecule has 0 aliphatic carbocycles. The number of fused-ring (bicyclic) bond motifs is 1. The van der Waals surface area contributed by atoms with Gasteiger partial charge in [-0.3, -0.25) is 4.99 Å². The van der Waals surface area contributed by atoms with Gasteiger partial charge in [0.2, 0.25) is 0 Å². The van der Waals surface area contributed by atoms with Crippen LogP contribution in [0.2, 0.25) is 0 Å². The van der Waals surface area contributed by atoms with Crippen molar-refractivity contribution in [2.24, 2.45) is 4.99 Å². The minimum Gasteiger partial charge on any atom is -0.499 e. The van der Waals surface area contributed by atoms with E-state index in [4.69, 9.17) is 19.5 Å². The second-order valence-electron chi connectivity index (χ2n) is 6.92. The Bertz CT molecular complexity index is 1030. The second-order valence-corrected chi connectivity index (χ2v) is 7.93. The number of aryl methyl sites for hydroxylation is 1. The Morgan fingerprint density at radius 2 is 2.00 bits per heavy atom. The highest BCUT2D eigenvalue weighted by atomic mass is 32.2. The molecule has 1 aliphatic rings. The molecule has 5 heteroatoms. The first-order chi connectivity index (χ1) is 14.2. The van der Waals surface area contributed by atoms with Crippen LogP contribution in [-0.4, -0.2) is 35.5 Å². The van der Waals surface area contributed by atoms with E-state index in [9.17, 15) is 0 Å². The number of benzene rings is 2. The molecular formula is C24H24N2O2S. The number of hydrogen-bond acceptors (Lipinski definition) is 5. The van der Waals surface area contributed by atoms with Crippen LogP contribution in [0.25, 0.3) is 10.9 Å². The van der Waals surface area contributed by atoms with Gasteiger partial charge in [-0.25, -0.2) is 4.98 Å². The van der Waals surface area contributed by atoms with Crippen molar-refractivity contribution in [3.63, 3.8) is 0 Å². The summed E-state index contributed by atoms with van der Waals surface area (Å²) in [5.41, 5.74) is 3.18. The fourth-order valence-corrected chi connectivity index (χ4v) is 4.28. The van der Waals surface area contributed by atoms with Crippen LogP contribution in [0.5, 0.6) is 5.75 Å². The first kappa shape index (κ1) is 19.5. The summed E-state index contributed by atoms with van der Waals surface area (Å²) >= 11 is 1.69. The quantitative estimate of drug-likeness (QED) is 0.379. The molecule has 0 fully saturated rings. The van der Waals surface area contributed by atoms with Gasteiger partial charge >= 0.3 is 0 Å². The number of ether oxygens (including phenoxy) is 2. The van der Waals surface area contributed by atoms with E-state index in [1.807, 2.05) is 30.3 Å². The Hall–Kier alpha value is -2.79. The number of thioether (sulfide) groups is 1. The van der Waals surface area contributed by atoms with E-state index >= 15 is 0 Å². The van der Waals surface area contributed by atoms with Crippen LogP contribution in [0.1, 0.15) is 17.7 Å². The lowest BCUT2D eigenvalue weighted by molar-refractivity contribution is 0.273. The third-order valence-electron chi connectivity index (χ3n) is 4.89. The molecule has 0 radical (unpaired) electrons. The lowest BCUT2D eigenvalue weighted by Crippen LogP contribution is -2.08. The zero-order valence-corrected chi connectivity index (χ0v) is 17.3. The van der Waals surface area contributed by atoms with Crippen LogP contribution >= 0.6 is 11.8 Å². The summed E-state index contributed by atoms with van der Waals surface area (Å²) in [7, 11) is 1.64. The van der Waals surface area contributed by atoms with E-state index < -0.39 is 0 Å². The van der Waals surface area contributed by atoms with Gasteiger partial charge in [-0.1, -0.05) is 43.0 Å². The molecule has 0 spiro atoms. The van der Waals surface area contributed by atoms with E-state index in [0.717, 1.165) is 46.0 Å². The van der Waals surface area contributed by atoms with Crippen LogP contribution in [-0.2, 0) is 11.2 Å². The molecule has 1 atom stereocenters. The average molecular weight is 405 g/mol. The average Bonchev–Trinajstić information content (AvgIpc) is 3.27. The minimum atomic E-state index is 0.00385. The van der Waals surface area contributed by atoms with Gasteiger partial charge in [-0.2, -0.15) is 0 Å². The Labute approximate surface area is 175 Å². The molecule has 4 nitrogen and oxygen atoms in total. The van der Waals surface area contributed by atoms with E-state index in [-0.39, 0.29) is 6.04 Å². The first-order valence-electron chi connectivity index (χ1n) is 9.74. The number of aromatic nitrogens is 1. The van der Waals surface area contributed by atoms with Gasteiger partial charge in [0.05, 0.1) is 24.9 Å². The highest BCUT2D eigenvalue weighted by Gasteiger charge is 2.23. The number of nitrogens with zero attached hydrogens (tertiary/aromatic N) is 2. The molecule has 0 amide bonds. The first-order valence-corrected chi connectivity index (χ1v) is 10.7. The molecule has 2 heterocycles. The van der Waals surface area contributed by atoms with Gasteiger partial charge in [-0.05, 0) is 42.7 Å². The fraction of sp³-hybridized carbons (Fsp3) is 0.250. The summed E-state index contributed by atoms with van der Waals surface area (Å²) in [4.78, 5) is 9.47. The van der Waals surface area contributed by atoms with Gasteiger partial charge in [0.15, 0.2) is 0 Å². The highest BCUT2D eigenvalue weighted by molar-refractivity contribution is 8.14. The molecular weight excluding hydrogens is 380 g/mol. The molecule has 4 rings (SSSR count). The Balaban J connectivity index is 1.39. The summed E-state index contributed by atoms with van der Waals surface area (Å²) in [6, 6.07) is 20.6. The lowest BCUT2D eigenvalue weighted by Gasteiger charge is -2.08. The van der Waals surface area contributed by atoms with Gasteiger partial charge in [-0.15, -0.1) is 11.8 Å². The molecule has 0 saturated carbocycles. The van der Waals surface area contributed by atoms with Crippen LogP contribution in [0.15, 0.2) is 78.0 Å². The molecule has 0 N–H and O–H groups in total. The number of aliphatic imine (C=N–C) groups is 1. The molecule has 1 unspecified atom stereocenters. The molecule has 3 aromatic rings. The molecule has 1 aliphatic heterocycles. The molecule has 0 bridgehead atoms. The van der Waals surface area contributed by atoms with Crippen molar-refractivity contribution in [1.29, 1.82) is 0 Å². The fourth-order valence-electron chi connectivity index (χ4n) is 3.24. The third kappa shape index (κ3) is 4.80. The SMILES string of the molecule is C=C(OC)C1CSC(c2ccc3cc(OCCCc4ccccc4)ccc3n2)=N1. The summed E-state index contributed by atoms with van der Waals surface area (Å²) in [6.45, 7) is 4.61. The van der Waals surface area contributed by atoms with Crippen LogP contribution in [0.3, 0.4) is 0 Å². The van der Waals surface area contributed by atoms with Crippen LogP contribution in [0, 0.1) is 0 Å². The van der Waals surface area contributed by atoms with Gasteiger partial charge < -0.3 is 9.47 Å². The minimum absolute atomic E-state index is 0.00385. The predicted octanol–water partition coefficient (Wildman–Crippen LogP) is 5.27. The molecule has 0 saturated heterocycles. The van der Waals surface area contributed by atoms with Crippen LogP contribution in [0.4, 0.5) is 0 Å². The molecule has 148 valence electrons.